The Labute approximate surface area is 115 Å². The summed E-state index contributed by atoms with van der Waals surface area (Å²) in [5.41, 5.74) is 2.94. The van der Waals surface area contributed by atoms with Crippen LogP contribution in [-0.2, 0) is 0 Å². The van der Waals surface area contributed by atoms with E-state index in [2.05, 4.69) is 15.3 Å². The molecular formula is C14H13N3O3. The number of carboxylic acids is 1. The molecule has 1 aromatic heterocycles. The summed E-state index contributed by atoms with van der Waals surface area (Å²) in [4.78, 5) is 29.8. The third kappa shape index (κ3) is 2.64. The number of aryl methyl sites for hydroxylation is 1. The predicted molar refractivity (Wildman–Crippen MR) is 72.6 cm³/mol. The highest BCUT2D eigenvalue weighted by Crippen LogP contribution is 2.21. The Morgan fingerprint density at radius 2 is 1.80 bits per heavy atom. The third-order valence-electron chi connectivity index (χ3n) is 2.87. The van der Waals surface area contributed by atoms with E-state index in [1.54, 1.807) is 19.2 Å². The number of aromatic nitrogens is 2. The number of nitrogens with one attached hydrogen (secondary N) is 1. The molecule has 0 atom stereocenters. The molecule has 0 unspecified atom stereocenters. The van der Waals surface area contributed by atoms with Gasteiger partial charge in [0.15, 0.2) is 0 Å². The average Bonchev–Trinajstić information content (AvgIpc) is 2.46. The highest BCUT2D eigenvalue weighted by Gasteiger charge is 2.10. The Bertz CT molecular complexity index is 666. The minimum atomic E-state index is -1.16. The molecule has 1 aromatic carbocycles. The van der Waals surface area contributed by atoms with Crippen molar-refractivity contribution in [1.82, 2.24) is 15.3 Å². The number of carboxylic acid groups (broad SMARTS) is 1. The normalized spacial score (nSPS) is 10.1. The van der Waals surface area contributed by atoms with E-state index < -0.39 is 5.97 Å². The van der Waals surface area contributed by atoms with Gasteiger partial charge >= 0.3 is 5.97 Å². The zero-order valence-electron chi connectivity index (χ0n) is 11.0. The smallest absolute Gasteiger partial charge is 0.373 e. The molecular weight excluding hydrogens is 258 g/mol. The average molecular weight is 271 g/mol. The van der Waals surface area contributed by atoms with Crippen LogP contribution in [0.1, 0.15) is 26.5 Å². The van der Waals surface area contributed by atoms with Crippen LogP contribution < -0.4 is 5.32 Å². The maximum atomic E-state index is 11.6. The Hall–Kier alpha value is -2.76. The van der Waals surface area contributed by atoms with Crippen molar-refractivity contribution in [2.24, 2.45) is 0 Å². The Balaban J connectivity index is 2.36. The summed E-state index contributed by atoms with van der Waals surface area (Å²) in [6, 6.07) is 5.33. The fourth-order valence-corrected chi connectivity index (χ4v) is 1.82. The van der Waals surface area contributed by atoms with E-state index in [1.807, 2.05) is 13.0 Å². The topological polar surface area (TPSA) is 92.2 Å². The quantitative estimate of drug-likeness (QED) is 0.882. The number of carbonyl (C=O) groups is 2. The Morgan fingerprint density at radius 3 is 2.30 bits per heavy atom. The predicted octanol–water partition coefficient (Wildman–Crippen LogP) is 1.51. The van der Waals surface area contributed by atoms with Crippen molar-refractivity contribution < 1.29 is 14.7 Å². The summed E-state index contributed by atoms with van der Waals surface area (Å²) in [5.74, 6) is -1.55. The molecule has 0 aliphatic heterocycles. The van der Waals surface area contributed by atoms with Crippen molar-refractivity contribution in [2.75, 3.05) is 7.05 Å². The van der Waals surface area contributed by atoms with Gasteiger partial charge in [0.25, 0.3) is 5.91 Å². The summed E-state index contributed by atoms with van der Waals surface area (Å²) >= 11 is 0. The molecule has 0 aliphatic rings. The minimum absolute atomic E-state index is 0.147. The number of hydrogen-bond acceptors (Lipinski definition) is 4. The molecule has 6 heteroatoms. The molecule has 2 rings (SSSR count). The van der Waals surface area contributed by atoms with E-state index in [0.29, 0.717) is 11.1 Å². The maximum Gasteiger partial charge on any atom is 0.373 e. The monoisotopic (exact) mass is 271 g/mol. The van der Waals surface area contributed by atoms with E-state index in [1.165, 1.54) is 12.4 Å². The first-order valence-corrected chi connectivity index (χ1v) is 5.91. The van der Waals surface area contributed by atoms with Crippen LogP contribution in [0.25, 0.3) is 11.1 Å². The first kappa shape index (κ1) is 13.7. The number of hydrogen-bond donors (Lipinski definition) is 2. The lowest BCUT2D eigenvalue weighted by molar-refractivity contribution is 0.0683. The van der Waals surface area contributed by atoms with E-state index in [-0.39, 0.29) is 11.7 Å². The lowest BCUT2D eigenvalue weighted by Crippen LogP contribution is -2.18. The highest BCUT2D eigenvalue weighted by atomic mass is 16.4. The molecule has 0 spiro atoms. The van der Waals surface area contributed by atoms with E-state index >= 15 is 0 Å². The number of benzene rings is 1. The first-order chi connectivity index (χ1) is 9.52. The maximum absolute atomic E-state index is 11.6. The van der Waals surface area contributed by atoms with Gasteiger partial charge in [0.2, 0.25) is 5.82 Å². The SMILES string of the molecule is CNC(=O)c1ccc(-c2cnc(C(=O)O)nc2)cc1C. The van der Waals surface area contributed by atoms with Crippen molar-refractivity contribution in [2.45, 2.75) is 6.92 Å². The molecule has 0 fully saturated rings. The standard InChI is InChI=1S/C14H13N3O3/c1-8-5-9(3-4-11(8)13(18)15-2)10-6-16-12(14(19)20)17-7-10/h3-7H,1-2H3,(H,15,18)(H,19,20). The number of rotatable bonds is 3. The van der Waals surface area contributed by atoms with Gasteiger partial charge in [-0.1, -0.05) is 12.1 Å². The van der Waals surface area contributed by atoms with Crippen LogP contribution in [0.5, 0.6) is 0 Å². The Morgan fingerprint density at radius 1 is 1.15 bits per heavy atom. The zero-order valence-corrected chi connectivity index (χ0v) is 11.0. The number of amides is 1. The van der Waals surface area contributed by atoms with Gasteiger partial charge in [-0.15, -0.1) is 0 Å². The highest BCUT2D eigenvalue weighted by molar-refractivity contribution is 5.96. The fraction of sp³-hybridized carbons (Fsp3) is 0.143. The van der Waals surface area contributed by atoms with Crippen LogP contribution in [0.2, 0.25) is 0 Å². The summed E-state index contributed by atoms with van der Waals surface area (Å²) in [6.45, 7) is 1.83. The largest absolute Gasteiger partial charge is 0.475 e. The second kappa shape index (κ2) is 5.48. The first-order valence-electron chi connectivity index (χ1n) is 5.91. The fourth-order valence-electron chi connectivity index (χ4n) is 1.82. The molecule has 102 valence electrons. The van der Waals surface area contributed by atoms with E-state index in [0.717, 1.165) is 11.1 Å². The van der Waals surface area contributed by atoms with Crippen LogP contribution >= 0.6 is 0 Å². The Kier molecular flexibility index (Phi) is 3.74. The molecule has 0 radical (unpaired) electrons. The molecule has 0 aliphatic carbocycles. The minimum Gasteiger partial charge on any atom is -0.475 e. The second-order valence-corrected chi connectivity index (χ2v) is 4.21. The molecule has 20 heavy (non-hydrogen) atoms. The molecule has 2 aromatic rings. The molecule has 1 amide bonds. The van der Waals surface area contributed by atoms with Crippen LogP contribution in [0.4, 0.5) is 0 Å². The van der Waals surface area contributed by atoms with E-state index in [9.17, 15) is 9.59 Å². The zero-order chi connectivity index (χ0) is 14.7. The van der Waals surface area contributed by atoms with Gasteiger partial charge in [-0.05, 0) is 24.1 Å². The third-order valence-corrected chi connectivity index (χ3v) is 2.87. The summed E-state index contributed by atoms with van der Waals surface area (Å²) in [7, 11) is 1.58. The molecule has 0 bridgehead atoms. The van der Waals surface area contributed by atoms with Gasteiger partial charge < -0.3 is 10.4 Å². The van der Waals surface area contributed by atoms with Crippen LogP contribution in [0.15, 0.2) is 30.6 Å². The second-order valence-electron chi connectivity index (χ2n) is 4.21. The van der Waals surface area contributed by atoms with Crippen LogP contribution in [0, 0.1) is 6.92 Å². The van der Waals surface area contributed by atoms with Gasteiger partial charge in [-0.25, -0.2) is 14.8 Å². The van der Waals surface area contributed by atoms with Crippen LogP contribution in [-0.4, -0.2) is 34.0 Å². The summed E-state index contributed by atoms with van der Waals surface area (Å²) in [5, 5.41) is 11.3. The van der Waals surface area contributed by atoms with Gasteiger partial charge in [-0.2, -0.15) is 0 Å². The van der Waals surface area contributed by atoms with Crippen molar-refractivity contribution in [3.05, 3.63) is 47.5 Å². The van der Waals surface area contributed by atoms with Gasteiger partial charge in [0.1, 0.15) is 0 Å². The van der Waals surface area contributed by atoms with Crippen molar-refractivity contribution in [3.8, 4) is 11.1 Å². The van der Waals surface area contributed by atoms with Gasteiger partial charge in [-0.3, -0.25) is 4.79 Å². The van der Waals surface area contributed by atoms with Gasteiger partial charge in [0.05, 0.1) is 0 Å². The van der Waals surface area contributed by atoms with Crippen molar-refractivity contribution in [3.63, 3.8) is 0 Å². The van der Waals surface area contributed by atoms with Gasteiger partial charge in [0, 0.05) is 30.6 Å². The van der Waals surface area contributed by atoms with E-state index in [4.69, 9.17) is 5.11 Å². The molecule has 2 N–H and O–H groups in total. The number of nitrogens with zero attached hydrogens (tertiary/aromatic N) is 2. The molecule has 6 nitrogen and oxygen atoms in total. The van der Waals surface area contributed by atoms with Crippen molar-refractivity contribution in [1.29, 1.82) is 0 Å². The number of aromatic carboxylic acids is 1. The van der Waals surface area contributed by atoms with Crippen molar-refractivity contribution >= 4 is 11.9 Å². The molecule has 0 saturated carbocycles. The number of carbonyl (C=O) groups excluding carboxylic acids is 1. The summed E-state index contributed by atoms with van der Waals surface area (Å²) in [6.07, 6.45) is 2.90. The van der Waals surface area contributed by atoms with Crippen LogP contribution in [0.3, 0.4) is 0 Å². The molecule has 0 saturated heterocycles. The molecule has 1 heterocycles. The summed E-state index contributed by atoms with van der Waals surface area (Å²) < 4.78 is 0. The lowest BCUT2D eigenvalue weighted by atomic mass is 10.0. The lowest BCUT2D eigenvalue weighted by Gasteiger charge is -2.07.